The van der Waals surface area contributed by atoms with Gasteiger partial charge >= 0.3 is 0 Å². The van der Waals surface area contributed by atoms with Crippen LogP contribution in [0.2, 0.25) is 0 Å². The molecular formula is C21H22N4O2. The Labute approximate surface area is 158 Å². The average molecular weight is 362 g/mol. The normalized spacial score (nSPS) is 10.3. The van der Waals surface area contributed by atoms with E-state index < -0.39 is 0 Å². The molecule has 0 atom stereocenters. The minimum Gasteiger partial charge on any atom is -0.496 e. The highest BCUT2D eigenvalue weighted by atomic mass is 16.5. The van der Waals surface area contributed by atoms with Crippen LogP contribution in [-0.4, -0.2) is 29.5 Å². The molecule has 0 radical (unpaired) electrons. The first kappa shape index (κ1) is 18.4. The zero-order valence-corrected chi connectivity index (χ0v) is 15.4. The molecule has 3 aromatic rings. The molecule has 0 fully saturated rings. The van der Waals surface area contributed by atoms with Crippen LogP contribution in [0, 0.1) is 6.92 Å². The molecule has 6 nitrogen and oxygen atoms in total. The van der Waals surface area contributed by atoms with Gasteiger partial charge in [0, 0.05) is 18.4 Å². The van der Waals surface area contributed by atoms with Crippen molar-refractivity contribution in [2.75, 3.05) is 24.3 Å². The minimum absolute atomic E-state index is 0.269. The monoisotopic (exact) mass is 362 g/mol. The molecule has 3 rings (SSSR count). The Balaban J connectivity index is 1.59. The molecule has 2 aromatic carbocycles. The standard InChI is InChI=1S/C21H22N4O2/c1-15-7-9-17(10-8-15)24-20(26)18-12-14-23-21(25-18)22-13-11-16-5-3-4-6-19(16)27-2/h3-10,12,14H,11,13H2,1-2H3,(H,24,26)(H,22,23,25). The van der Waals surface area contributed by atoms with E-state index in [0.717, 1.165) is 29.0 Å². The third kappa shape index (κ3) is 5.04. The molecule has 138 valence electrons. The van der Waals surface area contributed by atoms with Gasteiger partial charge < -0.3 is 15.4 Å². The van der Waals surface area contributed by atoms with E-state index in [2.05, 4.69) is 20.6 Å². The second kappa shape index (κ2) is 8.80. The summed E-state index contributed by atoms with van der Waals surface area (Å²) in [6.07, 6.45) is 2.33. The lowest BCUT2D eigenvalue weighted by Gasteiger charge is -2.10. The first-order chi connectivity index (χ1) is 13.2. The second-order valence-corrected chi connectivity index (χ2v) is 6.07. The van der Waals surface area contributed by atoms with Crippen LogP contribution in [0.15, 0.2) is 60.8 Å². The number of aromatic nitrogens is 2. The number of carbonyl (C=O) groups is 1. The van der Waals surface area contributed by atoms with Crippen molar-refractivity contribution in [2.24, 2.45) is 0 Å². The number of anilines is 2. The minimum atomic E-state index is -0.269. The summed E-state index contributed by atoms with van der Waals surface area (Å²) in [5.41, 5.74) is 3.28. The molecule has 0 unspecified atom stereocenters. The molecule has 1 aromatic heterocycles. The van der Waals surface area contributed by atoms with E-state index in [-0.39, 0.29) is 5.91 Å². The molecule has 1 heterocycles. The summed E-state index contributed by atoms with van der Waals surface area (Å²) in [6.45, 7) is 2.63. The van der Waals surface area contributed by atoms with E-state index in [4.69, 9.17) is 4.74 Å². The topological polar surface area (TPSA) is 76.1 Å². The van der Waals surface area contributed by atoms with Crippen LogP contribution in [0.4, 0.5) is 11.6 Å². The molecule has 0 aliphatic carbocycles. The SMILES string of the molecule is COc1ccccc1CCNc1nccc(C(=O)Nc2ccc(C)cc2)n1. The lowest BCUT2D eigenvalue weighted by Crippen LogP contribution is -2.16. The van der Waals surface area contributed by atoms with Crippen LogP contribution in [0.1, 0.15) is 21.6 Å². The molecule has 0 aliphatic heterocycles. The van der Waals surface area contributed by atoms with Crippen molar-refractivity contribution in [2.45, 2.75) is 13.3 Å². The maximum atomic E-state index is 12.4. The fourth-order valence-corrected chi connectivity index (χ4v) is 2.62. The molecule has 0 aliphatic rings. The van der Waals surface area contributed by atoms with E-state index in [1.54, 1.807) is 19.4 Å². The summed E-state index contributed by atoms with van der Waals surface area (Å²) in [7, 11) is 1.66. The van der Waals surface area contributed by atoms with Crippen molar-refractivity contribution in [3.8, 4) is 5.75 Å². The lowest BCUT2D eigenvalue weighted by molar-refractivity contribution is 0.102. The van der Waals surface area contributed by atoms with Gasteiger partial charge in [-0.15, -0.1) is 0 Å². The van der Waals surface area contributed by atoms with Crippen LogP contribution in [0.5, 0.6) is 5.75 Å². The fraction of sp³-hybridized carbons (Fsp3) is 0.190. The van der Waals surface area contributed by atoms with Gasteiger partial charge in [0.05, 0.1) is 7.11 Å². The largest absolute Gasteiger partial charge is 0.496 e. The van der Waals surface area contributed by atoms with Crippen LogP contribution in [0.25, 0.3) is 0 Å². The Kier molecular flexibility index (Phi) is 5.99. The number of hydrogen-bond donors (Lipinski definition) is 2. The average Bonchev–Trinajstić information content (AvgIpc) is 2.70. The molecular weight excluding hydrogens is 340 g/mol. The maximum Gasteiger partial charge on any atom is 0.274 e. The van der Waals surface area contributed by atoms with Crippen LogP contribution < -0.4 is 15.4 Å². The van der Waals surface area contributed by atoms with Gasteiger partial charge in [-0.05, 0) is 43.2 Å². The Morgan fingerprint density at radius 2 is 1.85 bits per heavy atom. The molecule has 1 amide bonds. The van der Waals surface area contributed by atoms with E-state index in [1.165, 1.54) is 0 Å². The van der Waals surface area contributed by atoms with E-state index >= 15 is 0 Å². The number of carbonyl (C=O) groups excluding carboxylic acids is 1. The summed E-state index contributed by atoms with van der Waals surface area (Å²) < 4.78 is 5.35. The van der Waals surface area contributed by atoms with Gasteiger partial charge in [0.15, 0.2) is 0 Å². The maximum absolute atomic E-state index is 12.4. The summed E-state index contributed by atoms with van der Waals surface area (Å²) in [4.78, 5) is 20.9. The number of amides is 1. The molecule has 6 heteroatoms. The zero-order valence-electron chi connectivity index (χ0n) is 15.4. The van der Waals surface area contributed by atoms with Crippen molar-refractivity contribution in [3.05, 3.63) is 77.6 Å². The highest BCUT2D eigenvalue weighted by molar-refractivity contribution is 6.02. The van der Waals surface area contributed by atoms with Crippen molar-refractivity contribution in [1.82, 2.24) is 9.97 Å². The highest BCUT2D eigenvalue weighted by Crippen LogP contribution is 2.17. The number of methoxy groups -OCH3 is 1. The molecule has 0 spiro atoms. The number of aryl methyl sites for hydroxylation is 1. The third-order valence-electron chi connectivity index (χ3n) is 4.07. The van der Waals surface area contributed by atoms with Crippen LogP contribution >= 0.6 is 0 Å². The van der Waals surface area contributed by atoms with Gasteiger partial charge in [0.25, 0.3) is 5.91 Å². The molecule has 0 saturated heterocycles. The smallest absolute Gasteiger partial charge is 0.274 e. The van der Waals surface area contributed by atoms with Gasteiger partial charge in [-0.2, -0.15) is 0 Å². The summed E-state index contributed by atoms with van der Waals surface area (Å²) in [5.74, 6) is 1.00. The van der Waals surface area contributed by atoms with Gasteiger partial charge in [-0.3, -0.25) is 4.79 Å². The van der Waals surface area contributed by atoms with Crippen LogP contribution in [-0.2, 0) is 6.42 Å². The van der Waals surface area contributed by atoms with Gasteiger partial charge in [0.1, 0.15) is 11.4 Å². The number of ether oxygens (including phenoxy) is 1. The van der Waals surface area contributed by atoms with Gasteiger partial charge in [-0.1, -0.05) is 35.9 Å². The van der Waals surface area contributed by atoms with E-state index in [9.17, 15) is 4.79 Å². The van der Waals surface area contributed by atoms with Gasteiger partial charge in [0.2, 0.25) is 5.95 Å². The first-order valence-electron chi connectivity index (χ1n) is 8.72. The number of rotatable bonds is 7. The molecule has 0 bridgehead atoms. The predicted molar refractivity (Wildman–Crippen MR) is 106 cm³/mol. The van der Waals surface area contributed by atoms with Crippen molar-refractivity contribution < 1.29 is 9.53 Å². The molecule has 27 heavy (non-hydrogen) atoms. The number of hydrogen-bond acceptors (Lipinski definition) is 5. The summed E-state index contributed by atoms with van der Waals surface area (Å²) in [5, 5.41) is 5.99. The Morgan fingerprint density at radius 3 is 2.63 bits per heavy atom. The van der Waals surface area contributed by atoms with Crippen molar-refractivity contribution in [3.63, 3.8) is 0 Å². The highest BCUT2D eigenvalue weighted by Gasteiger charge is 2.09. The lowest BCUT2D eigenvalue weighted by atomic mass is 10.1. The first-order valence-corrected chi connectivity index (χ1v) is 8.72. The van der Waals surface area contributed by atoms with Crippen LogP contribution in [0.3, 0.4) is 0 Å². The molecule has 2 N–H and O–H groups in total. The number of benzene rings is 2. The quantitative estimate of drug-likeness (QED) is 0.670. The fourth-order valence-electron chi connectivity index (χ4n) is 2.62. The number of nitrogens with one attached hydrogen (secondary N) is 2. The Bertz CT molecular complexity index is 910. The third-order valence-corrected chi connectivity index (χ3v) is 4.07. The van der Waals surface area contributed by atoms with E-state index in [0.29, 0.717) is 18.2 Å². The summed E-state index contributed by atoms with van der Waals surface area (Å²) >= 11 is 0. The Morgan fingerprint density at radius 1 is 1.07 bits per heavy atom. The van der Waals surface area contributed by atoms with E-state index in [1.807, 2.05) is 55.5 Å². The zero-order chi connectivity index (χ0) is 19.1. The molecule has 0 saturated carbocycles. The second-order valence-electron chi connectivity index (χ2n) is 6.07. The predicted octanol–water partition coefficient (Wildman–Crippen LogP) is 3.70. The number of para-hydroxylation sites is 1. The number of nitrogens with zero attached hydrogens (tertiary/aromatic N) is 2. The Hall–Kier alpha value is -3.41. The van der Waals surface area contributed by atoms with Crippen molar-refractivity contribution >= 4 is 17.5 Å². The summed E-state index contributed by atoms with van der Waals surface area (Å²) in [6, 6.07) is 17.1. The van der Waals surface area contributed by atoms with Gasteiger partial charge in [-0.25, -0.2) is 9.97 Å². The van der Waals surface area contributed by atoms with Crippen molar-refractivity contribution in [1.29, 1.82) is 0 Å².